The molecule has 0 radical (unpaired) electrons. The molecule has 2 aromatic heterocycles. The lowest BCUT2D eigenvalue weighted by atomic mass is 10.2. The van der Waals surface area contributed by atoms with Gasteiger partial charge in [0.25, 0.3) is 5.91 Å². The van der Waals surface area contributed by atoms with Crippen LogP contribution in [0.3, 0.4) is 0 Å². The molecule has 0 aromatic carbocycles. The van der Waals surface area contributed by atoms with E-state index in [1.807, 2.05) is 20.8 Å². The molecule has 0 bridgehead atoms. The fourth-order valence-electron chi connectivity index (χ4n) is 1.88. The van der Waals surface area contributed by atoms with Gasteiger partial charge in [-0.15, -0.1) is 0 Å². The maximum Gasteiger partial charge on any atom is 0.272 e. The van der Waals surface area contributed by atoms with Crippen LogP contribution in [0.2, 0.25) is 0 Å². The van der Waals surface area contributed by atoms with Crippen molar-refractivity contribution >= 4 is 11.6 Å². The Hall–Kier alpha value is -2.44. The highest BCUT2D eigenvalue weighted by atomic mass is 16.2. The van der Waals surface area contributed by atoms with Crippen LogP contribution in [0, 0.1) is 0 Å². The number of nitrogens with zero attached hydrogens (tertiary/aromatic N) is 3. The van der Waals surface area contributed by atoms with Crippen LogP contribution in [0.15, 0.2) is 18.6 Å². The summed E-state index contributed by atoms with van der Waals surface area (Å²) in [5.74, 6) is 1.25. The number of rotatable bonds is 5. The average Bonchev–Trinajstić information content (AvgIpc) is 3.00. The first-order chi connectivity index (χ1) is 10.0. The third-order valence-corrected chi connectivity index (χ3v) is 3.09. The van der Waals surface area contributed by atoms with Crippen molar-refractivity contribution in [3.05, 3.63) is 35.9 Å². The molecule has 0 aliphatic heterocycles. The fourth-order valence-corrected chi connectivity index (χ4v) is 1.88. The Balaban J connectivity index is 2.23. The Bertz CT molecular complexity index is 608. The molecule has 0 saturated heterocycles. The molecule has 0 saturated carbocycles. The molecule has 0 aliphatic rings. The van der Waals surface area contributed by atoms with Crippen molar-refractivity contribution in [3.8, 4) is 0 Å². The molecule has 0 spiro atoms. The van der Waals surface area contributed by atoms with Crippen LogP contribution in [0.25, 0.3) is 0 Å². The van der Waals surface area contributed by atoms with Gasteiger partial charge in [0.15, 0.2) is 5.69 Å². The molecule has 2 rings (SSSR count). The van der Waals surface area contributed by atoms with Gasteiger partial charge < -0.3 is 15.6 Å². The van der Waals surface area contributed by atoms with E-state index in [1.54, 1.807) is 25.6 Å². The summed E-state index contributed by atoms with van der Waals surface area (Å²) in [5, 5.41) is 5.82. The zero-order valence-electron chi connectivity index (χ0n) is 12.6. The molecule has 1 atom stereocenters. The molecule has 2 aromatic rings. The van der Waals surface area contributed by atoms with Crippen molar-refractivity contribution in [1.82, 2.24) is 25.3 Å². The van der Waals surface area contributed by atoms with E-state index in [0.29, 0.717) is 23.0 Å². The number of hydrogen-bond acceptors (Lipinski definition) is 5. The minimum Gasteiger partial charge on any atom is -0.385 e. The Morgan fingerprint density at radius 3 is 2.62 bits per heavy atom. The highest BCUT2D eigenvalue weighted by molar-refractivity contribution is 5.97. The van der Waals surface area contributed by atoms with Gasteiger partial charge in [0.05, 0.1) is 17.9 Å². The normalized spacial score (nSPS) is 12.2. The zero-order valence-corrected chi connectivity index (χ0v) is 12.6. The molecule has 0 fully saturated rings. The van der Waals surface area contributed by atoms with Crippen molar-refractivity contribution in [1.29, 1.82) is 0 Å². The van der Waals surface area contributed by atoms with Crippen LogP contribution in [0.4, 0.5) is 5.69 Å². The van der Waals surface area contributed by atoms with E-state index in [4.69, 9.17) is 0 Å². The van der Waals surface area contributed by atoms with Crippen LogP contribution >= 0.6 is 0 Å². The molecule has 112 valence electrons. The largest absolute Gasteiger partial charge is 0.385 e. The van der Waals surface area contributed by atoms with Gasteiger partial charge in [-0.05, 0) is 6.92 Å². The third kappa shape index (κ3) is 3.36. The Morgan fingerprint density at radius 1 is 1.29 bits per heavy atom. The number of H-pyrrole nitrogens is 1. The number of amides is 1. The Morgan fingerprint density at radius 2 is 2.05 bits per heavy atom. The first kappa shape index (κ1) is 15.0. The highest BCUT2D eigenvalue weighted by Crippen LogP contribution is 2.17. The molecule has 21 heavy (non-hydrogen) atoms. The summed E-state index contributed by atoms with van der Waals surface area (Å²) in [6.45, 7) is 5.84. The van der Waals surface area contributed by atoms with Gasteiger partial charge in [-0.25, -0.2) is 15.0 Å². The van der Waals surface area contributed by atoms with Gasteiger partial charge in [-0.3, -0.25) is 4.79 Å². The van der Waals surface area contributed by atoms with E-state index < -0.39 is 0 Å². The molecule has 1 amide bonds. The minimum atomic E-state index is -0.257. The maximum atomic E-state index is 12.4. The fraction of sp³-hybridized carbons (Fsp3) is 0.429. The van der Waals surface area contributed by atoms with Crippen LogP contribution in [0.1, 0.15) is 54.9 Å². The maximum absolute atomic E-state index is 12.4. The second-order valence-corrected chi connectivity index (χ2v) is 5.06. The number of hydrogen-bond donors (Lipinski definition) is 3. The minimum absolute atomic E-state index is 0.157. The standard InChI is InChI=1S/C14H20N6O/c1-8(2)12-18-7-10(15-4)11(20-12)14(21)19-9(3)13-16-5-6-17-13/h5-9,15H,1-4H3,(H,16,17)(H,19,21). The van der Waals surface area contributed by atoms with E-state index >= 15 is 0 Å². The van der Waals surface area contributed by atoms with Gasteiger partial charge >= 0.3 is 0 Å². The number of aromatic nitrogens is 4. The predicted octanol–water partition coefficient (Wildman–Crippen LogP) is 1.86. The molecule has 2 heterocycles. The molecule has 1 unspecified atom stereocenters. The summed E-state index contributed by atoms with van der Waals surface area (Å²) in [6.07, 6.45) is 5.01. The zero-order chi connectivity index (χ0) is 15.4. The molecular weight excluding hydrogens is 268 g/mol. The SMILES string of the molecule is CNc1cnc(C(C)C)nc1C(=O)NC(C)c1ncc[nH]1. The smallest absolute Gasteiger partial charge is 0.272 e. The molecule has 7 nitrogen and oxygen atoms in total. The monoisotopic (exact) mass is 288 g/mol. The van der Waals surface area contributed by atoms with Crippen LogP contribution in [0.5, 0.6) is 0 Å². The molecule has 7 heteroatoms. The average molecular weight is 288 g/mol. The molecule has 0 aliphatic carbocycles. The summed E-state index contributed by atoms with van der Waals surface area (Å²) in [5.41, 5.74) is 0.943. The van der Waals surface area contributed by atoms with Crippen LogP contribution in [-0.4, -0.2) is 32.9 Å². The second kappa shape index (κ2) is 6.34. The van der Waals surface area contributed by atoms with Gasteiger partial charge in [-0.1, -0.05) is 13.8 Å². The van der Waals surface area contributed by atoms with Crippen molar-refractivity contribution in [2.75, 3.05) is 12.4 Å². The number of aromatic amines is 1. The van der Waals surface area contributed by atoms with Crippen molar-refractivity contribution < 1.29 is 4.79 Å². The first-order valence-corrected chi connectivity index (χ1v) is 6.87. The quantitative estimate of drug-likeness (QED) is 0.780. The number of nitrogens with one attached hydrogen (secondary N) is 3. The second-order valence-electron chi connectivity index (χ2n) is 5.06. The van der Waals surface area contributed by atoms with E-state index in [-0.39, 0.29) is 17.9 Å². The van der Waals surface area contributed by atoms with Gasteiger partial charge in [0.1, 0.15) is 11.6 Å². The third-order valence-electron chi connectivity index (χ3n) is 3.09. The van der Waals surface area contributed by atoms with Gasteiger partial charge in [0, 0.05) is 25.4 Å². The van der Waals surface area contributed by atoms with Crippen molar-refractivity contribution in [2.45, 2.75) is 32.7 Å². The van der Waals surface area contributed by atoms with E-state index in [0.717, 1.165) is 0 Å². The highest BCUT2D eigenvalue weighted by Gasteiger charge is 2.19. The lowest BCUT2D eigenvalue weighted by Crippen LogP contribution is -2.29. The number of imidazole rings is 1. The summed E-state index contributed by atoms with van der Waals surface area (Å²) >= 11 is 0. The first-order valence-electron chi connectivity index (χ1n) is 6.87. The topological polar surface area (TPSA) is 95.6 Å². The van der Waals surface area contributed by atoms with E-state index in [1.165, 1.54) is 0 Å². The van der Waals surface area contributed by atoms with E-state index in [2.05, 4.69) is 30.6 Å². The Kier molecular flexibility index (Phi) is 4.52. The van der Waals surface area contributed by atoms with Crippen molar-refractivity contribution in [2.24, 2.45) is 0 Å². The number of anilines is 1. The number of carbonyl (C=O) groups is 1. The lowest BCUT2D eigenvalue weighted by Gasteiger charge is -2.14. The summed E-state index contributed by atoms with van der Waals surface area (Å²) in [6, 6.07) is -0.227. The van der Waals surface area contributed by atoms with Gasteiger partial charge in [-0.2, -0.15) is 0 Å². The molecule has 3 N–H and O–H groups in total. The van der Waals surface area contributed by atoms with Crippen molar-refractivity contribution in [3.63, 3.8) is 0 Å². The summed E-state index contributed by atoms with van der Waals surface area (Å²) in [4.78, 5) is 28.1. The Labute approximate surface area is 123 Å². The predicted molar refractivity (Wildman–Crippen MR) is 80.1 cm³/mol. The molecular formula is C14H20N6O. The van der Waals surface area contributed by atoms with E-state index in [9.17, 15) is 4.79 Å². The lowest BCUT2D eigenvalue weighted by molar-refractivity contribution is 0.0933. The summed E-state index contributed by atoms with van der Waals surface area (Å²) < 4.78 is 0. The van der Waals surface area contributed by atoms with Crippen LogP contribution in [-0.2, 0) is 0 Å². The van der Waals surface area contributed by atoms with Crippen LogP contribution < -0.4 is 10.6 Å². The van der Waals surface area contributed by atoms with Gasteiger partial charge in [0.2, 0.25) is 0 Å². The summed E-state index contributed by atoms with van der Waals surface area (Å²) in [7, 11) is 1.74. The number of carbonyl (C=O) groups excluding carboxylic acids is 1.